The molecule has 0 aromatic rings. The highest BCUT2D eigenvalue weighted by atomic mass is 16.6. The van der Waals surface area contributed by atoms with Crippen molar-refractivity contribution in [1.29, 1.82) is 0 Å². The average molecular weight is 429 g/mol. The Morgan fingerprint density at radius 1 is 1.16 bits per heavy atom. The topological polar surface area (TPSA) is 32.8 Å². The van der Waals surface area contributed by atoms with Crippen molar-refractivity contribution in [2.45, 2.75) is 97.2 Å². The van der Waals surface area contributed by atoms with Crippen LogP contribution >= 0.6 is 0 Å². The molecule has 1 spiro atoms. The van der Waals surface area contributed by atoms with Gasteiger partial charge < -0.3 is 14.5 Å². The zero-order chi connectivity index (χ0) is 22.1. The first-order valence-corrected chi connectivity index (χ1v) is 13.0. The third-order valence-electron chi connectivity index (χ3n) is 10.9. The lowest BCUT2D eigenvalue weighted by Gasteiger charge is -2.58. The summed E-state index contributed by atoms with van der Waals surface area (Å²) in [4.78, 5) is 17.0. The number of hydrogen-bond acceptors (Lipinski definition) is 3. The van der Waals surface area contributed by atoms with Crippen LogP contribution in [0.4, 0.5) is 4.79 Å². The van der Waals surface area contributed by atoms with Gasteiger partial charge in [0.1, 0.15) is 0 Å². The van der Waals surface area contributed by atoms with Gasteiger partial charge in [-0.1, -0.05) is 18.6 Å². The Labute approximate surface area is 189 Å². The Kier molecular flexibility index (Phi) is 5.27. The van der Waals surface area contributed by atoms with Crippen LogP contribution in [0.1, 0.15) is 79.1 Å². The molecule has 1 aliphatic heterocycles. The van der Waals surface area contributed by atoms with Gasteiger partial charge in [-0.3, -0.25) is 0 Å². The monoisotopic (exact) mass is 428 g/mol. The number of likely N-dealkylation sites (tertiary alicyclic amines) is 1. The van der Waals surface area contributed by atoms with E-state index in [2.05, 4.69) is 31.9 Å². The molecule has 1 heterocycles. The lowest BCUT2D eigenvalue weighted by atomic mass is 9.47. The van der Waals surface area contributed by atoms with E-state index in [1.54, 1.807) is 5.57 Å². The van der Waals surface area contributed by atoms with E-state index in [0.29, 0.717) is 10.8 Å². The van der Waals surface area contributed by atoms with Gasteiger partial charge in [0.25, 0.3) is 0 Å². The minimum absolute atomic E-state index is 0.0550. The fraction of sp³-hybridized carbons (Fsp3) is 0.889. The molecule has 0 aromatic heterocycles. The van der Waals surface area contributed by atoms with Crippen LogP contribution in [-0.2, 0) is 4.74 Å². The first-order valence-electron chi connectivity index (χ1n) is 13.0. The van der Waals surface area contributed by atoms with Crippen molar-refractivity contribution in [2.75, 3.05) is 20.6 Å². The second kappa shape index (κ2) is 7.50. The van der Waals surface area contributed by atoms with E-state index >= 15 is 0 Å². The Hall–Kier alpha value is -1.03. The Morgan fingerprint density at radius 3 is 2.65 bits per heavy atom. The summed E-state index contributed by atoms with van der Waals surface area (Å²) in [7, 11) is 4.30. The minimum atomic E-state index is -0.158. The molecule has 1 unspecified atom stereocenters. The van der Waals surface area contributed by atoms with Gasteiger partial charge in [-0.15, -0.1) is 0 Å². The molecule has 5 aliphatic rings. The van der Waals surface area contributed by atoms with Crippen LogP contribution in [0.3, 0.4) is 0 Å². The van der Waals surface area contributed by atoms with Crippen molar-refractivity contribution >= 4 is 6.09 Å². The van der Waals surface area contributed by atoms with Crippen molar-refractivity contribution in [3.63, 3.8) is 0 Å². The molecule has 4 nitrogen and oxygen atoms in total. The zero-order valence-electron chi connectivity index (χ0n) is 20.7. The van der Waals surface area contributed by atoms with Crippen molar-refractivity contribution in [3.8, 4) is 0 Å². The number of amides is 1. The first-order chi connectivity index (χ1) is 14.7. The summed E-state index contributed by atoms with van der Waals surface area (Å²) in [5.74, 6) is 3.58. The molecular formula is C27H44N2O2. The molecule has 31 heavy (non-hydrogen) atoms. The van der Waals surface area contributed by atoms with Crippen molar-refractivity contribution in [2.24, 2.45) is 34.5 Å². The minimum Gasteiger partial charge on any atom is -0.447 e. The van der Waals surface area contributed by atoms with Gasteiger partial charge in [-0.25, -0.2) is 4.79 Å². The number of allylic oxidation sites excluding steroid dienone is 1. The molecule has 1 saturated heterocycles. The Morgan fingerprint density at radius 2 is 1.90 bits per heavy atom. The van der Waals surface area contributed by atoms with Crippen LogP contribution in [0.5, 0.6) is 0 Å². The highest BCUT2D eigenvalue weighted by Crippen LogP contribution is 2.68. The van der Waals surface area contributed by atoms with Crippen LogP contribution in [0.25, 0.3) is 0 Å². The van der Waals surface area contributed by atoms with Crippen LogP contribution in [0.15, 0.2) is 11.6 Å². The Bertz CT molecular complexity index is 762. The molecule has 0 N–H and O–H groups in total. The smallest absolute Gasteiger partial charge is 0.410 e. The fourth-order valence-corrected chi connectivity index (χ4v) is 9.21. The van der Waals surface area contributed by atoms with Crippen LogP contribution in [-0.4, -0.2) is 54.7 Å². The Balaban J connectivity index is 1.35. The number of carbonyl (C=O) groups is 1. The van der Waals surface area contributed by atoms with Crippen LogP contribution in [0.2, 0.25) is 0 Å². The second-order valence-electron chi connectivity index (χ2n) is 12.3. The summed E-state index contributed by atoms with van der Waals surface area (Å²) < 4.78 is 5.48. The van der Waals surface area contributed by atoms with E-state index in [4.69, 9.17) is 4.74 Å². The second-order valence-corrected chi connectivity index (χ2v) is 12.3. The quantitative estimate of drug-likeness (QED) is 0.527. The van der Waals surface area contributed by atoms with E-state index < -0.39 is 0 Å². The van der Waals surface area contributed by atoms with Gasteiger partial charge in [-0.2, -0.15) is 0 Å². The molecule has 3 saturated carbocycles. The molecule has 8 atom stereocenters. The maximum atomic E-state index is 12.5. The molecule has 0 aromatic carbocycles. The summed E-state index contributed by atoms with van der Waals surface area (Å²) in [6.07, 6.45) is 12.9. The normalized spacial score (nSPS) is 46.6. The third kappa shape index (κ3) is 3.14. The largest absolute Gasteiger partial charge is 0.447 e. The maximum Gasteiger partial charge on any atom is 0.410 e. The highest BCUT2D eigenvalue weighted by molar-refractivity contribution is 5.68. The number of fused-ring (bicyclic) bond motifs is 4. The molecule has 5 rings (SSSR count). The molecule has 0 radical (unpaired) electrons. The standard InChI is InChI=1S/C27H44N2O2/c1-17(2)31-25(30)29(6)20-11-13-26(4)19(15-20)7-8-21-23(26)12-14-27-16-28(5)18(3)22(27)9-10-24(21)27/h7,17-18,20-24H,8-16H2,1-6H3/t18-,20-,21+,22+,23-,24-,26-,27?/m0/s1. The summed E-state index contributed by atoms with van der Waals surface area (Å²) >= 11 is 0. The number of carbonyl (C=O) groups excluding carboxylic acids is 1. The average Bonchev–Trinajstić information content (AvgIpc) is 3.20. The molecule has 4 aliphatic carbocycles. The summed E-state index contributed by atoms with van der Waals surface area (Å²) in [6, 6.07) is 1.06. The van der Waals surface area contributed by atoms with E-state index in [1.165, 1.54) is 45.1 Å². The lowest BCUT2D eigenvalue weighted by molar-refractivity contribution is -0.0438. The summed E-state index contributed by atoms with van der Waals surface area (Å²) in [6.45, 7) is 10.3. The molecule has 4 heteroatoms. The summed E-state index contributed by atoms with van der Waals surface area (Å²) in [5, 5.41) is 0. The SMILES string of the molecule is CC(C)OC(=O)N(C)[C@H]1CC[C@@]2(C)C(=CC[C@H]3[C@@H]4CC[C@@H]5[C@H](C)N(C)CC54CC[C@@H]32)C1. The number of rotatable bonds is 2. The van der Waals surface area contributed by atoms with Gasteiger partial charge in [-0.05, 0) is 114 Å². The molecule has 4 fully saturated rings. The predicted molar refractivity (Wildman–Crippen MR) is 125 cm³/mol. The van der Waals surface area contributed by atoms with Gasteiger partial charge >= 0.3 is 6.09 Å². The van der Waals surface area contributed by atoms with Crippen molar-refractivity contribution < 1.29 is 9.53 Å². The van der Waals surface area contributed by atoms with Crippen molar-refractivity contribution in [1.82, 2.24) is 9.80 Å². The number of ether oxygens (including phenoxy) is 1. The van der Waals surface area contributed by atoms with E-state index in [-0.39, 0.29) is 18.2 Å². The lowest BCUT2D eigenvalue weighted by Crippen LogP contribution is -2.53. The van der Waals surface area contributed by atoms with Crippen LogP contribution in [0, 0.1) is 34.5 Å². The van der Waals surface area contributed by atoms with E-state index in [1.807, 2.05) is 25.8 Å². The van der Waals surface area contributed by atoms with Crippen LogP contribution < -0.4 is 0 Å². The first kappa shape index (κ1) is 21.8. The molecule has 174 valence electrons. The summed E-state index contributed by atoms with van der Waals surface area (Å²) in [5.41, 5.74) is 2.60. The molecule has 1 amide bonds. The van der Waals surface area contributed by atoms with Gasteiger partial charge in [0.15, 0.2) is 0 Å². The number of nitrogens with zero attached hydrogens (tertiary/aromatic N) is 2. The van der Waals surface area contributed by atoms with Gasteiger partial charge in [0.2, 0.25) is 0 Å². The number of hydrogen-bond donors (Lipinski definition) is 0. The molecule has 0 bridgehead atoms. The van der Waals surface area contributed by atoms with Gasteiger partial charge in [0, 0.05) is 25.7 Å². The highest BCUT2D eigenvalue weighted by Gasteiger charge is 2.64. The van der Waals surface area contributed by atoms with Crippen molar-refractivity contribution in [3.05, 3.63) is 11.6 Å². The third-order valence-corrected chi connectivity index (χ3v) is 10.9. The van der Waals surface area contributed by atoms with Gasteiger partial charge in [0.05, 0.1) is 6.10 Å². The fourth-order valence-electron chi connectivity index (χ4n) is 9.21. The maximum absolute atomic E-state index is 12.5. The zero-order valence-corrected chi connectivity index (χ0v) is 20.7. The van der Waals surface area contributed by atoms with E-state index in [0.717, 1.165) is 42.6 Å². The van der Waals surface area contributed by atoms with E-state index in [9.17, 15) is 4.79 Å². The molecular weight excluding hydrogens is 384 g/mol. The predicted octanol–water partition coefficient (Wildman–Crippen LogP) is 5.72.